The molecule has 4 rings (SSSR count). The lowest BCUT2D eigenvalue weighted by molar-refractivity contribution is -0.157. The van der Waals surface area contributed by atoms with Crippen LogP contribution in [0.5, 0.6) is 0 Å². The van der Waals surface area contributed by atoms with E-state index in [2.05, 4.69) is 5.32 Å². The van der Waals surface area contributed by atoms with Gasteiger partial charge in [0.25, 0.3) is 0 Å². The topological polar surface area (TPSA) is 86.8 Å². The predicted octanol–water partition coefficient (Wildman–Crippen LogP) is 3.32. The molecule has 0 bridgehead atoms. The van der Waals surface area contributed by atoms with Crippen LogP contribution in [0.25, 0.3) is 0 Å². The van der Waals surface area contributed by atoms with Gasteiger partial charge in [-0.25, -0.2) is 8.42 Å². The van der Waals surface area contributed by atoms with Crippen molar-refractivity contribution in [2.45, 2.75) is 68.5 Å². The molecule has 0 spiro atoms. The molecular formula is C26H33N3O4S. The van der Waals surface area contributed by atoms with Gasteiger partial charge in [0, 0.05) is 19.1 Å². The lowest BCUT2D eigenvalue weighted by Crippen LogP contribution is -2.71. The van der Waals surface area contributed by atoms with Crippen LogP contribution >= 0.6 is 0 Å². The van der Waals surface area contributed by atoms with Gasteiger partial charge in [-0.1, -0.05) is 74.2 Å². The van der Waals surface area contributed by atoms with Gasteiger partial charge in [-0.05, 0) is 37.5 Å². The fourth-order valence-corrected chi connectivity index (χ4v) is 6.66. The minimum atomic E-state index is -3.92. The first-order valence-corrected chi connectivity index (χ1v) is 13.5. The van der Waals surface area contributed by atoms with Crippen molar-refractivity contribution in [3.8, 4) is 0 Å². The van der Waals surface area contributed by atoms with Crippen LogP contribution in [0, 0.1) is 0 Å². The number of benzene rings is 2. The van der Waals surface area contributed by atoms with Gasteiger partial charge in [0.05, 0.1) is 11.4 Å². The molecule has 2 amide bonds. The number of nitrogens with one attached hydrogen (secondary N) is 1. The second-order valence-corrected chi connectivity index (χ2v) is 11.4. The molecule has 1 aliphatic heterocycles. The Morgan fingerprint density at radius 1 is 0.971 bits per heavy atom. The molecule has 182 valence electrons. The summed E-state index contributed by atoms with van der Waals surface area (Å²) in [6.07, 6.45) is 5.90. The summed E-state index contributed by atoms with van der Waals surface area (Å²) in [6, 6.07) is 17.6. The van der Waals surface area contributed by atoms with Crippen molar-refractivity contribution < 1.29 is 18.0 Å². The van der Waals surface area contributed by atoms with Crippen LogP contribution in [0.2, 0.25) is 0 Å². The average molecular weight is 484 g/mol. The molecule has 1 saturated heterocycles. The molecule has 2 aliphatic rings. The molecule has 1 N–H and O–H groups in total. The molecule has 0 radical (unpaired) electrons. The average Bonchev–Trinajstić information content (AvgIpc) is 3.12. The Bertz CT molecular complexity index is 1100. The summed E-state index contributed by atoms with van der Waals surface area (Å²) in [7, 11) is -3.92. The Hall–Kier alpha value is -2.71. The first-order valence-electron chi connectivity index (χ1n) is 12.0. The lowest BCUT2D eigenvalue weighted by atomic mass is 9.91. The molecule has 1 aliphatic carbocycles. The zero-order chi connectivity index (χ0) is 24.2. The fraction of sp³-hybridized carbons (Fsp3) is 0.462. The van der Waals surface area contributed by atoms with E-state index in [9.17, 15) is 18.0 Å². The van der Waals surface area contributed by atoms with Gasteiger partial charge in [0.1, 0.15) is 5.54 Å². The van der Waals surface area contributed by atoms with Gasteiger partial charge in [-0.2, -0.15) is 4.31 Å². The van der Waals surface area contributed by atoms with Crippen LogP contribution in [-0.4, -0.2) is 54.1 Å². The zero-order valence-corrected chi connectivity index (χ0v) is 20.5. The van der Waals surface area contributed by atoms with Crippen molar-refractivity contribution in [1.82, 2.24) is 14.5 Å². The third-order valence-electron chi connectivity index (χ3n) is 6.95. The van der Waals surface area contributed by atoms with Gasteiger partial charge in [0.15, 0.2) is 0 Å². The van der Waals surface area contributed by atoms with Crippen molar-refractivity contribution in [1.29, 1.82) is 0 Å². The highest BCUT2D eigenvalue weighted by Crippen LogP contribution is 2.33. The summed E-state index contributed by atoms with van der Waals surface area (Å²) in [5.41, 5.74) is -0.364. The number of piperazine rings is 1. The van der Waals surface area contributed by atoms with E-state index < -0.39 is 15.6 Å². The Morgan fingerprint density at radius 2 is 1.56 bits per heavy atom. The maximum atomic E-state index is 13.7. The molecule has 1 heterocycles. The van der Waals surface area contributed by atoms with Gasteiger partial charge < -0.3 is 10.2 Å². The monoisotopic (exact) mass is 483 g/mol. The lowest BCUT2D eigenvalue weighted by Gasteiger charge is -2.50. The van der Waals surface area contributed by atoms with E-state index in [4.69, 9.17) is 0 Å². The maximum Gasteiger partial charge on any atom is 0.247 e. The third-order valence-corrected chi connectivity index (χ3v) is 8.76. The summed E-state index contributed by atoms with van der Waals surface area (Å²) >= 11 is 0. The highest BCUT2D eigenvalue weighted by molar-refractivity contribution is 7.89. The largest absolute Gasteiger partial charge is 0.350 e. The van der Waals surface area contributed by atoms with Crippen molar-refractivity contribution in [3.63, 3.8) is 0 Å². The molecule has 2 aromatic rings. The predicted molar refractivity (Wildman–Crippen MR) is 130 cm³/mol. The van der Waals surface area contributed by atoms with E-state index in [-0.39, 0.29) is 35.8 Å². The number of nitrogens with zero attached hydrogens (tertiary/aromatic N) is 2. The summed E-state index contributed by atoms with van der Waals surface area (Å²) < 4.78 is 27.9. The number of hydrogen-bond donors (Lipinski definition) is 1. The van der Waals surface area contributed by atoms with E-state index in [0.717, 1.165) is 44.1 Å². The van der Waals surface area contributed by atoms with Crippen molar-refractivity contribution in [2.75, 3.05) is 13.1 Å². The van der Waals surface area contributed by atoms with E-state index in [1.54, 1.807) is 30.0 Å². The van der Waals surface area contributed by atoms with Gasteiger partial charge in [-0.3, -0.25) is 9.59 Å². The molecular weight excluding hydrogens is 450 g/mol. The fourth-order valence-electron chi connectivity index (χ4n) is 5.16. The molecule has 0 unspecified atom stereocenters. The standard InChI is InChI=1S/C26H33N3O4S/c1-26(25(31)27-18-21-12-6-4-7-13-21)20-28(34(32,33)23-16-10-5-11-17-23)19-24(30)29(26)22-14-8-2-3-9-15-22/h4-7,10-13,16-17,22H,2-3,8-9,14-15,18-20H2,1H3,(H,27,31)/t26-/m1/s1. The van der Waals surface area contributed by atoms with E-state index in [0.29, 0.717) is 6.54 Å². The summed E-state index contributed by atoms with van der Waals surface area (Å²) in [5.74, 6) is -0.642. The number of sulfonamides is 1. The van der Waals surface area contributed by atoms with Gasteiger partial charge >= 0.3 is 0 Å². The second-order valence-electron chi connectivity index (χ2n) is 9.44. The van der Waals surface area contributed by atoms with Crippen molar-refractivity contribution >= 4 is 21.8 Å². The minimum Gasteiger partial charge on any atom is -0.350 e. The van der Waals surface area contributed by atoms with E-state index >= 15 is 0 Å². The van der Waals surface area contributed by atoms with Crippen molar-refractivity contribution in [3.05, 3.63) is 66.2 Å². The first kappa shape index (κ1) is 24.4. The van der Waals surface area contributed by atoms with Gasteiger partial charge in [-0.15, -0.1) is 0 Å². The summed E-state index contributed by atoms with van der Waals surface area (Å²) in [5, 5.41) is 2.97. The smallest absolute Gasteiger partial charge is 0.247 e. The normalized spacial score (nSPS) is 22.9. The SMILES string of the molecule is C[C@]1(C(=O)NCc2ccccc2)CN(S(=O)(=O)c2ccccc2)CC(=O)N1C1CCCCCC1. The number of carbonyl (C=O) groups is 2. The van der Waals surface area contributed by atoms with Gasteiger partial charge in [0.2, 0.25) is 21.8 Å². The molecule has 7 nitrogen and oxygen atoms in total. The number of amides is 2. The second kappa shape index (κ2) is 10.3. The number of carbonyl (C=O) groups excluding carboxylic acids is 2. The molecule has 34 heavy (non-hydrogen) atoms. The number of hydrogen-bond acceptors (Lipinski definition) is 4. The minimum absolute atomic E-state index is 0.0657. The zero-order valence-electron chi connectivity index (χ0n) is 19.7. The Kier molecular flexibility index (Phi) is 7.38. The summed E-state index contributed by atoms with van der Waals surface area (Å²) in [4.78, 5) is 29.0. The molecule has 2 aromatic carbocycles. The third kappa shape index (κ3) is 5.03. The molecule has 8 heteroatoms. The van der Waals surface area contributed by atoms with Crippen LogP contribution in [0.1, 0.15) is 51.0 Å². The molecule has 0 aromatic heterocycles. The molecule has 2 fully saturated rings. The summed E-state index contributed by atoms with van der Waals surface area (Å²) in [6.45, 7) is 1.69. The maximum absolute atomic E-state index is 13.7. The Labute approximate surface area is 202 Å². The van der Waals surface area contributed by atoms with Crippen LogP contribution in [0.4, 0.5) is 0 Å². The Balaban J connectivity index is 1.65. The van der Waals surface area contributed by atoms with Crippen LogP contribution < -0.4 is 5.32 Å². The molecule has 1 saturated carbocycles. The highest BCUT2D eigenvalue weighted by atomic mass is 32.2. The number of rotatable bonds is 6. The quantitative estimate of drug-likeness (QED) is 0.639. The Morgan fingerprint density at radius 3 is 2.18 bits per heavy atom. The van der Waals surface area contributed by atoms with E-state index in [1.807, 2.05) is 30.3 Å². The van der Waals surface area contributed by atoms with Crippen molar-refractivity contribution in [2.24, 2.45) is 0 Å². The van der Waals surface area contributed by atoms with E-state index in [1.165, 1.54) is 16.4 Å². The van der Waals surface area contributed by atoms with Crippen LogP contribution in [-0.2, 0) is 26.2 Å². The van der Waals surface area contributed by atoms with Crippen LogP contribution in [0.3, 0.4) is 0 Å². The highest BCUT2D eigenvalue weighted by Gasteiger charge is 2.52. The molecule has 1 atom stereocenters. The van der Waals surface area contributed by atoms with Crippen LogP contribution in [0.15, 0.2) is 65.6 Å². The first-order chi connectivity index (χ1) is 16.3.